The maximum absolute atomic E-state index is 12.2. The Balaban J connectivity index is 0.000000921. The van der Waals surface area contributed by atoms with Gasteiger partial charge in [0.15, 0.2) is 0 Å². The molecule has 0 saturated carbocycles. The Hall–Kier alpha value is -2.31. The quantitative estimate of drug-likeness (QED) is 0.743. The second-order valence-electron chi connectivity index (χ2n) is 7.38. The molecule has 7 nitrogen and oxygen atoms in total. The Morgan fingerprint density at radius 2 is 1.71 bits per heavy atom. The van der Waals surface area contributed by atoms with Crippen LogP contribution in [0.2, 0.25) is 0 Å². The molecule has 1 saturated heterocycles. The van der Waals surface area contributed by atoms with Crippen LogP contribution in [0.15, 0.2) is 12.5 Å². The van der Waals surface area contributed by atoms with Crippen LogP contribution in [0.3, 0.4) is 0 Å². The number of aromatic nitrogens is 3. The van der Waals surface area contributed by atoms with Crippen LogP contribution in [0, 0.1) is 6.92 Å². The molecular weight excluding hydrogens is 354 g/mol. The number of fused-ring (bicyclic) bond motifs is 1. The summed E-state index contributed by atoms with van der Waals surface area (Å²) in [4.78, 5) is 22.4. The first-order valence-corrected chi connectivity index (χ1v) is 10.3. The van der Waals surface area contributed by atoms with Crippen LogP contribution in [0.4, 0.5) is 10.6 Å². The normalized spacial score (nSPS) is 14.6. The van der Waals surface area contributed by atoms with Crippen LogP contribution in [0.25, 0.3) is 11.0 Å². The van der Waals surface area contributed by atoms with Crippen molar-refractivity contribution < 1.29 is 9.53 Å². The summed E-state index contributed by atoms with van der Waals surface area (Å²) in [5.74, 6) is 0.516. The van der Waals surface area contributed by atoms with E-state index in [1.54, 1.807) is 4.90 Å². The SMILES string of the molecule is CC.CC.Cc1cn(C2CCN(C(=O)OC(C)(C)C)CC2)c2ncnc(N)c12. The molecule has 28 heavy (non-hydrogen) atoms. The highest BCUT2D eigenvalue weighted by Crippen LogP contribution is 2.31. The standard InChI is InChI=1S/C17H25N5O2.2C2H6/c1-11-9-22(15-13(11)14(18)19-10-20-15)12-5-7-21(8-6-12)16(23)24-17(2,3)4;2*1-2/h9-10,12H,5-8H2,1-4H3,(H2,18,19,20);2*1-2H3. The Kier molecular flexibility index (Phi) is 8.72. The van der Waals surface area contributed by atoms with Gasteiger partial charge in [-0.25, -0.2) is 14.8 Å². The van der Waals surface area contributed by atoms with Gasteiger partial charge in [0.25, 0.3) is 0 Å². The molecule has 7 heteroatoms. The van der Waals surface area contributed by atoms with Crippen molar-refractivity contribution in [1.82, 2.24) is 19.4 Å². The van der Waals surface area contributed by atoms with Gasteiger partial charge >= 0.3 is 6.09 Å². The lowest BCUT2D eigenvalue weighted by Crippen LogP contribution is -2.42. The van der Waals surface area contributed by atoms with Crippen molar-refractivity contribution in [3.8, 4) is 0 Å². The first kappa shape index (κ1) is 23.7. The molecule has 1 aliphatic rings. The molecule has 2 aromatic heterocycles. The number of aryl methyl sites for hydroxylation is 1. The summed E-state index contributed by atoms with van der Waals surface area (Å²) in [7, 11) is 0. The van der Waals surface area contributed by atoms with Gasteiger partial charge in [-0.1, -0.05) is 27.7 Å². The van der Waals surface area contributed by atoms with Crippen LogP contribution in [-0.4, -0.2) is 44.2 Å². The number of nitrogen functional groups attached to an aromatic ring is 1. The van der Waals surface area contributed by atoms with E-state index in [1.165, 1.54) is 6.33 Å². The third kappa shape index (κ3) is 5.59. The maximum atomic E-state index is 12.2. The minimum atomic E-state index is -0.462. The molecule has 2 N–H and O–H groups in total. The van der Waals surface area contributed by atoms with E-state index in [4.69, 9.17) is 10.5 Å². The van der Waals surface area contributed by atoms with Crippen LogP contribution in [-0.2, 0) is 4.74 Å². The molecular formula is C21H37N5O2. The second-order valence-corrected chi connectivity index (χ2v) is 7.38. The molecule has 3 rings (SSSR count). The Morgan fingerprint density at radius 1 is 1.14 bits per heavy atom. The Labute approximate surface area is 169 Å². The molecule has 0 bridgehead atoms. The molecule has 2 aromatic rings. The highest BCUT2D eigenvalue weighted by molar-refractivity contribution is 5.89. The molecule has 3 heterocycles. The van der Waals surface area contributed by atoms with E-state index in [0.717, 1.165) is 29.4 Å². The minimum Gasteiger partial charge on any atom is -0.444 e. The van der Waals surface area contributed by atoms with Crippen LogP contribution in [0.1, 0.15) is 72.9 Å². The number of carbonyl (C=O) groups is 1. The van der Waals surface area contributed by atoms with Crippen LogP contribution < -0.4 is 5.73 Å². The topological polar surface area (TPSA) is 86.3 Å². The average Bonchev–Trinajstić information content (AvgIpc) is 3.02. The number of nitrogens with zero attached hydrogens (tertiary/aromatic N) is 4. The van der Waals surface area contributed by atoms with E-state index >= 15 is 0 Å². The summed E-state index contributed by atoms with van der Waals surface area (Å²) in [5, 5.41) is 0.923. The summed E-state index contributed by atoms with van der Waals surface area (Å²) in [6.07, 6.45) is 5.09. The van der Waals surface area contributed by atoms with Crippen molar-refractivity contribution in [3.05, 3.63) is 18.1 Å². The number of anilines is 1. The van der Waals surface area contributed by atoms with Gasteiger partial charge in [0.1, 0.15) is 23.4 Å². The minimum absolute atomic E-state index is 0.235. The van der Waals surface area contributed by atoms with E-state index < -0.39 is 5.60 Å². The summed E-state index contributed by atoms with van der Waals surface area (Å²) in [5.41, 5.74) is 7.48. The van der Waals surface area contributed by atoms with Gasteiger partial charge in [0.05, 0.1) is 5.39 Å². The highest BCUT2D eigenvalue weighted by Gasteiger charge is 2.28. The van der Waals surface area contributed by atoms with Gasteiger partial charge in [0, 0.05) is 25.3 Å². The molecule has 0 unspecified atom stereocenters. The van der Waals surface area contributed by atoms with Crippen LogP contribution in [0.5, 0.6) is 0 Å². The van der Waals surface area contributed by atoms with E-state index in [9.17, 15) is 4.79 Å². The van der Waals surface area contributed by atoms with Crippen molar-refractivity contribution in [1.29, 1.82) is 0 Å². The Morgan fingerprint density at radius 3 is 2.25 bits per heavy atom. The second kappa shape index (κ2) is 10.3. The third-order valence-electron chi connectivity index (χ3n) is 4.34. The molecule has 1 fully saturated rings. The summed E-state index contributed by atoms with van der Waals surface area (Å²) < 4.78 is 7.63. The number of likely N-dealkylation sites (tertiary alicyclic amines) is 1. The largest absolute Gasteiger partial charge is 0.444 e. The van der Waals surface area contributed by atoms with Gasteiger partial charge in [-0.05, 0) is 46.1 Å². The zero-order valence-corrected chi connectivity index (χ0v) is 18.7. The number of piperidine rings is 1. The predicted molar refractivity (Wildman–Crippen MR) is 115 cm³/mol. The van der Waals surface area contributed by atoms with Gasteiger partial charge in [-0.15, -0.1) is 0 Å². The first-order valence-electron chi connectivity index (χ1n) is 10.3. The van der Waals surface area contributed by atoms with Gasteiger partial charge in [0.2, 0.25) is 0 Å². The van der Waals surface area contributed by atoms with E-state index in [1.807, 2.05) is 55.4 Å². The Bertz CT molecular complexity index is 756. The van der Waals surface area contributed by atoms with E-state index in [0.29, 0.717) is 24.9 Å². The van der Waals surface area contributed by atoms with Crippen molar-refractivity contribution in [2.45, 2.75) is 79.9 Å². The van der Waals surface area contributed by atoms with Crippen LogP contribution >= 0.6 is 0 Å². The highest BCUT2D eigenvalue weighted by atomic mass is 16.6. The summed E-state index contributed by atoms with van der Waals surface area (Å²) >= 11 is 0. The zero-order chi connectivity index (χ0) is 21.5. The summed E-state index contributed by atoms with van der Waals surface area (Å²) in [6.45, 7) is 17.0. The van der Waals surface area contributed by atoms with Crippen molar-refractivity contribution in [3.63, 3.8) is 0 Å². The lowest BCUT2D eigenvalue weighted by molar-refractivity contribution is 0.0189. The fourth-order valence-corrected chi connectivity index (χ4v) is 3.23. The molecule has 0 aromatic carbocycles. The van der Waals surface area contributed by atoms with E-state index in [-0.39, 0.29) is 6.09 Å². The number of carbonyl (C=O) groups excluding carboxylic acids is 1. The van der Waals surface area contributed by atoms with Crippen molar-refractivity contribution >= 4 is 22.9 Å². The number of rotatable bonds is 1. The number of nitrogens with two attached hydrogens (primary N) is 1. The average molecular weight is 392 g/mol. The first-order chi connectivity index (χ1) is 13.3. The fourth-order valence-electron chi connectivity index (χ4n) is 3.23. The smallest absolute Gasteiger partial charge is 0.410 e. The molecule has 0 aliphatic carbocycles. The molecule has 1 amide bonds. The van der Waals surface area contributed by atoms with E-state index in [2.05, 4.69) is 20.7 Å². The number of hydrogen-bond acceptors (Lipinski definition) is 5. The van der Waals surface area contributed by atoms with Crippen molar-refractivity contribution in [2.75, 3.05) is 18.8 Å². The van der Waals surface area contributed by atoms with Gasteiger partial charge in [-0.2, -0.15) is 0 Å². The summed E-state index contributed by atoms with van der Waals surface area (Å²) in [6, 6.07) is 0.300. The molecule has 158 valence electrons. The number of hydrogen-bond donors (Lipinski definition) is 1. The maximum Gasteiger partial charge on any atom is 0.410 e. The van der Waals surface area contributed by atoms with Gasteiger partial charge < -0.3 is 19.9 Å². The fraction of sp³-hybridized carbons (Fsp3) is 0.667. The number of ether oxygens (including phenoxy) is 1. The lowest BCUT2D eigenvalue weighted by atomic mass is 10.1. The molecule has 0 atom stereocenters. The van der Waals surface area contributed by atoms with Crippen molar-refractivity contribution in [2.24, 2.45) is 0 Å². The lowest BCUT2D eigenvalue weighted by Gasteiger charge is -2.34. The predicted octanol–water partition coefficient (Wildman–Crippen LogP) is 4.95. The molecule has 0 radical (unpaired) electrons. The monoisotopic (exact) mass is 391 g/mol. The third-order valence-corrected chi connectivity index (χ3v) is 4.34. The molecule has 0 spiro atoms. The zero-order valence-electron chi connectivity index (χ0n) is 18.7. The molecule has 1 aliphatic heterocycles. The number of amides is 1. The van der Waals surface area contributed by atoms with Gasteiger partial charge in [-0.3, -0.25) is 0 Å².